The van der Waals surface area contributed by atoms with E-state index in [2.05, 4.69) is 10.0 Å². The van der Waals surface area contributed by atoms with E-state index in [9.17, 15) is 22.4 Å². The molecule has 1 aromatic carbocycles. The van der Waals surface area contributed by atoms with Gasteiger partial charge in [-0.3, -0.25) is 9.59 Å². The number of sulfonamides is 1. The highest BCUT2D eigenvalue weighted by Gasteiger charge is 2.29. The Morgan fingerprint density at radius 3 is 2.32 bits per heavy atom. The number of amides is 1. The van der Waals surface area contributed by atoms with Gasteiger partial charge >= 0.3 is 5.97 Å². The predicted octanol–water partition coefficient (Wildman–Crippen LogP) is 1.36. The fourth-order valence-electron chi connectivity index (χ4n) is 2.14. The monoisotopic (exact) mass is 374 g/mol. The van der Waals surface area contributed by atoms with Gasteiger partial charge in [0.15, 0.2) is 0 Å². The van der Waals surface area contributed by atoms with Gasteiger partial charge in [0, 0.05) is 13.0 Å². The highest BCUT2D eigenvalue weighted by molar-refractivity contribution is 7.89. The number of halogens is 1. The predicted molar refractivity (Wildman–Crippen MR) is 89.8 cm³/mol. The lowest BCUT2D eigenvalue weighted by atomic mass is 10.0. The maximum atomic E-state index is 13.7. The van der Waals surface area contributed by atoms with Crippen LogP contribution in [0.5, 0.6) is 0 Å². The first kappa shape index (κ1) is 21.0. The van der Waals surface area contributed by atoms with E-state index in [1.165, 1.54) is 12.1 Å². The first-order valence-corrected chi connectivity index (χ1v) is 9.29. The molecule has 0 aliphatic heterocycles. The second-order valence-electron chi connectivity index (χ2n) is 6.22. The van der Waals surface area contributed by atoms with Gasteiger partial charge in [-0.05, 0) is 24.0 Å². The highest BCUT2D eigenvalue weighted by atomic mass is 32.2. The van der Waals surface area contributed by atoms with Crippen molar-refractivity contribution in [2.75, 3.05) is 6.54 Å². The number of rotatable bonds is 9. The molecule has 0 heterocycles. The zero-order valence-corrected chi connectivity index (χ0v) is 15.1. The molecular weight excluding hydrogens is 351 g/mol. The summed E-state index contributed by atoms with van der Waals surface area (Å²) in [6.07, 6.45) is -0.117. The summed E-state index contributed by atoms with van der Waals surface area (Å²) < 4.78 is 40.7. The minimum atomic E-state index is -4.22. The number of hydrogen-bond donors (Lipinski definition) is 3. The Kier molecular flexibility index (Phi) is 7.50. The van der Waals surface area contributed by atoms with Crippen LogP contribution in [-0.4, -0.2) is 38.0 Å². The minimum absolute atomic E-state index is 0.0930. The van der Waals surface area contributed by atoms with E-state index in [-0.39, 0.29) is 18.9 Å². The number of aliphatic carboxylic acids is 1. The molecule has 0 bridgehead atoms. The largest absolute Gasteiger partial charge is 0.481 e. The Morgan fingerprint density at radius 1 is 1.20 bits per heavy atom. The Labute approximate surface area is 146 Å². The van der Waals surface area contributed by atoms with E-state index >= 15 is 0 Å². The van der Waals surface area contributed by atoms with Gasteiger partial charge in [-0.15, -0.1) is 0 Å². The molecule has 0 saturated carbocycles. The van der Waals surface area contributed by atoms with Crippen molar-refractivity contribution in [1.29, 1.82) is 0 Å². The van der Waals surface area contributed by atoms with Crippen LogP contribution in [0.25, 0.3) is 0 Å². The van der Waals surface area contributed by atoms with E-state index in [1.807, 2.05) is 0 Å². The lowest BCUT2D eigenvalue weighted by Gasteiger charge is -2.22. The number of nitrogens with one attached hydrogen (secondary N) is 2. The smallest absolute Gasteiger partial charge is 0.303 e. The molecule has 1 amide bonds. The average Bonchev–Trinajstić information content (AvgIpc) is 2.49. The Balaban J connectivity index is 2.85. The summed E-state index contributed by atoms with van der Waals surface area (Å²) in [7, 11) is -4.22. The summed E-state index contributed by atoms with van der Waals surface area (Å²) in [4.78, 5) is 22.4. The number of benzene rings is 1. The van der Waals surface area contributed by atoms with Crippen molar-refractivity contribution < 1.29 is 27.5 Å². The molecule has 1 rings (SSSR count). The van der Waals surface area contributed by atoms with Gasteiger partial charge in [0.05, 0.1) is 0 Å². The zero-order valence-electron chi connectivity index (χ0n) is 14.3. The van der Waals surface area contributed by atoms with E-state index in [0.717, 1.165) is 12.1 Å². The van der Waals surface area contributed by atoms with E-state index in [1.54, 1.807) is 20.8 Å². The van der Waals surface area contributed by atoms with Gasteiger partial charge in [-0.1, -0.05) is 32.9 Å². The van der Waals surface area contributed by atoms with Gasteiger partial charge in [0.1, 0.15) is 16.8 Å². The van der Waals surface area contributed by atoms with Crippen LogP contribution in [0.1, 0.15) is 27.2 Å². The summed E-state index contributed by atoms with van der Waals surface area (Å²) in [6, 6.07) is 3.77. The lowest BCUT2D eigenvalue weighted by Crippen LogP contribution is -2.50. The second-order valence-corrected chi connectivity index (χ2v) is 7.90. The summed E-state index contributed by atoms with van der Waals surface area (Å²) in [5.41, 5.74) is 0. The maximum Gasteiger partial charge on any atom is 0.303 e. The molecule has 0 aromatic heterocycles. The SMILES string of the molecule is CC(CNC(=O)C(NS(=O)(=O)c1ccccc1F)C(C)C)CC(=O)O. The first-order valence-electron chi connectivity index (χ1n) is 7.81. The number of carboxylic acid groups (broad SMARTS) is 1. The molecule has 0 radical (unpaired) electrons. The molecule has 3 N–H and O–H groups in total. The van der Waals surface area contributed by atoms with Crippen molar-refractivity contribution >= 4 is 21.9 Å². The third kappa shape index (κ3) is 6.43. The van der Waals surface area contributed by atoms with Crippen LogP contribution in [0, 0.1) is 17.7 Å². The minimum Gasteiger partial charge on any atom is -0.481 e. The Bertz CT molecular complexity index is 721. The molecule has 7 nitrogen and oxygen atoms in total. The van der Waals surface area contributed by atoms with E-state index < -0.39 is 44.6 Å². The molecular formula is C16H23FN2O5S. The molecule has 9 heteroatoms. The van der Waals surface area contributed by atoms with E-state index in [4.69, 9.17) is 5.11 Å². The molecule has 140 valence electrons. The summed E-state index contributed by atoms with van der Waals surface area (Å²) in [6.45, 7) is 5.04. The van der Waals surface area contributed by atoms with Crippen LogP contribution in [0.2, 0.25) is 0 Å². The molecule has 1 aromatic rings. The summed E-state index contributed by atoms with van der Waals surface area (Å²) >= 11 is 0. The molecule has 0 aliphatic carbocycles. The maximum absolute atomic E-state index is 13.7. The Morgan fingerprint density at radius 2 is 1.80 bits per heavy atom. The zero-order chi connectivity index (χ0) is 19.2. The van der Waals surface area contributed by atoms with Crippen LogP contribution >= 0.6 is 0 Å². The number of carboxylic acids is 1. The fourth-order valence-corrected chi connectivity index (χ4v) is 3.56. The van der Waals surface area contributed by atoms with Crippen LogP contribution in [0.3, 0.4) is 0 Å². The summed E-state index contributed by atoms with van der Waals surface area (Å²) in [5.74, 6) is -3.18. The van der Waals surface area contributed by atoms with Crippen molar-refractivity contribution in [1.82, 2.24) is 10.0 Å². The first-order chi connectivity index (χ1) is 11.5. The number of carbonyl (C=O) groups is 2. The van der Waals surface area contributed by atoms with Crippen molar-refractivity contribution in [3.05, 3.63) is 30.1 Å². The molecule has 2 atom stereocenters. The van der Waals surface area contributed by atoms with Crippen molar-refractivity contribution in [3.63, 3.8) is 0 Å². The third-order valence-electron chi connectivity index (χ3n) is 3.51. The Hall–Kier alpha value is -2.00. The third-order valence-corrected chi connectivity index (χ3v) is 4.98. The summed E-state index contributed by atoms with van der Waals surface area (Å²) in [5, 5.41) is 11.2. The lowest BCUT2D eigenvalue weighted by molar-refractivity contribution is -0.138. The second kappa shape index (κ2) is 8.91. The average molecular weight is 374 g/mol. The van der Waals surface area contributed by atoms with Crippen molar-refractivity contribution in [3.8, 4) is 0 Å². The van der Waals surface area contributed by atoms with Crippen LogP contribution in [0.15, 0.2) is 29.2 Å². The quantitative estimate of drug-likeness (QED) is 0.604. The van der Waals surface area contributed by atoms with Crippen molar-refractivity contribution in [2.45, 2.75) is 38.1 Å². The molecule has 0 spiro atoms. The fraction of sp³-hybridized carbons (Fsp3) is 0.500. The van der Waals surface area contributed by atoms with Crippen LogP contribution < -0.4 is 10.0 Å². The number of hydrogen-bond acceptors (Lipinski definition) is 4. The van der Waals surface area contributed by atoms with Gasteiger partial charge in [0.2, 0.25) is 15.9 Å². The van der Waals surface area contributed by atoms with Gasteiger partial charge < -0.3 is 10.4 Å². The topological polar surface area (TPSA) is 113 Å². The molecule has 0 aliphatic rings. The normalized spacial score (nSPS) is 14.1. The standard InChI is InChI=1S/C16H23FN2O5S/c1-10(2)15(16(22)18-9-11(3)8-14(20)21)19-25(23,24)13-7-5-4-6-12(13)17/h4-7,10-11,15,19H,8-9H2,1-3H3,(H,18,22)(H,20,21). The van der Waals surface area contributed by atoms with Crippen molar-refractivity contribution in [2.24, 2.45) is 11.8 Å². The number of carbonyl (C=O) groups excluding carboxylic acids is 1. The van der Waals surface area contributed by atoms with Gasteiger partial charge in [0.25, 0.3) is 0 Å². The molecule has 0 saturated heterocycles. The molecule has 25 heavy (non-hydrogen) atoms. The highest BCUT2D eigenvalue weighted by Crippen LogP contribution is 2.15. The van der Waals surface area contributed by atoms with Gasteiger partial charge in [-0.25, -0.2) is 12.8 Å². The van der Waals surface area contributed by atoms with Crippen LogP contribution in [0.4, 0.5) is 4.39 Å². The van der Waals surface area contributed by atoms with E-state index in [0.29, 0.717) is 0 Å². The molecule has 2 unspecified atom stereocenters. The van der Waals surface area contributed by atoms with Gasteiger partial charge in [-0.2, -0.15) is 4.72 Å². The molecule has 0 fully saturated rings. The van der Waals surface area contributed by atoms with Crippen LogP contribution in [-0.2, 0) is 19.6 Å².